The Morgan fingerprint density at radius 2 is 2.42 bits per heavy atom. The zero-order valence-corrected chi connectivity index (χ0v) is 8.34. The SMILES string of the molecule is CCc1ccc(NCC(=O)Cl)s1. The highest BCUT2D eigenvalue weighted by molar-refractivity contribution is 7.16. The van der Waals surface area contributed by atoms with Gasteiger partial charge in [-0.05, 0) is 30.2 Å². The summed E-state index contributed by atoms with van der Waals surface area (Å²) in [7, 11) is 0. The van der Waals surface area contributed by atoms with E-state index in [0.717, 1.165) is 11.4 Å². The van der Waals surface area contributed by atoms with E-state index < -0.39 is 0 Å². The average Bonchev–Trinajstić information content (AvgIpc) is 2.48. The van der Waals surface area contributed by atoms with E-state index in [4.69, 9.17) is 11.6 Å². The third-order valence-corrected chi connectivity index (χ3v) is 2.73. The van der Waals surface area contributed by atoms with Crippen molar-refractivity contribution in [2.24, 2.45) is 0 Å². The summed E-state index contributed by atoms with van der Waals surface area (Å²) in [5, 5.41) is 3.58. The first-order chi connectivity index (χ1) is 5.72. The summed E-state index contributed by atoms with van der Waals surface area (Å²) >= 11 is 6.82. The Bertz CT molecular complexity index is 272. The molecular formula is C8H10ClNOS. The summed E-state index contributed by atoms with van der Waals surface area (Å²) in [6.07, 6.45) is 1.03. The lowest BCUT2D eigenvalue weighted by Gasteiger charge is -1.96. The zero-order chi connectivity index (χ0) is 8.97. The highest BCUT2D eigenvalue weighted by Crippen LogP contribution is 2.21. The van der Waals surface area contributed by atoms with Gasteiger partial charge in [-0.25, -0.2) is 0 Å². The summed E-state index contributed by atoms with van der Waals surface area (Å²) in [5.41, 5.74) is 0. The molecule has 1 N–H and O–H groups in total. The molecule has 1 aromatic heterocycles. The lowest BCUT2D eigenvalue weighted by Crippen LogP contribution is -2.06. The standard InChI is InChI=1S/C8H10ClNOS/c1-2-6-3-4-8(12-6)10-5-7(9)11/h3-4,10H,2,5H2,1H3. The fraction of sp³-hybridized carbons (Fsp3) is 0.375. The summed E-state index contributed by atoms with van der Waals surface area (Å²) in [5.74, 6) is 0. The van der Waals surface area contributed by atoms with Crippen LogP contribution in [0.4, 0.5) is 5.00 Å². The minimum absolute atomic E-state index is 0.200. The molecule has 0 fully saturated rings. The Morgan fingerprint density at radius 3 is 2.92 bits per heavy atom. The third kappa shape index (κ3) is 2.83. The molecule has 0 unspecified atom stereocenters. The predicted molar refractivity (Wildman–Crippen MR) is 53.0 cm³/mol. The van der Waals surface area contributed by atoms with Gasteiger partial charge < -0.3 is 5.32 Å². The topological polar surface area (TPSA) is 29.1 Å². The Morgan fingerprint density at radius 1 is 1.67 bits per heavy atom. The normalized spacial score (nSPS) is 9.83. The van der Waals surface area contributed by atoms with Crippen LogP contribution in [0.2, 0.25) is 0 Å². The first-order valence-electron chi connectivity index (χ1n) is 3.73. The summed E-state index contributed by atoms with van der Waals surface area (Å²) in [6.45, 7) is 2.30. The average molecular weight is 204 g/mol. The highest BCUT2D eigenvalue weighted by atomic mass is 35.5. The number of hydrogen-bond acceptors (Lipinski definition) is 3. The fourth-order valence-electron chi connectivity index (χ4n) is 0.820. The first-order valence-corrected chi connectivity index (χ1v) is 4.92. The summed E-state index contributed by atoms with van der Waals surface area (Å²) in [6, 6.07) is 4.01. The van der Waals surface area contributed by atoms with Crippen LogP contribution in [-0.2, 0) is 11.2 Å². The molecule has 0 amide bonds. The second-order valence-corrected chi connectivity index (χ2v) is 3.92. The molecule has 66 valence electrons. The molecule has 1 aromatic rings. The van der Waals surface area contributed by atoms with Crippen LogP contribution in [0, 0.1) is 0 Å². The van der Waals surface area contributed by atoms with E-state index in [1.165, 1.54) is 4.88 Å². The van der Waals surface area contributed by atoms with Crippen molar-refractivity contribution in [1.82, 2.24) is 0 Å². The van der Waals surface area contributed by atoms with Crippen molar-refractivity contribution >= 4 is 33.2 Å². The van der Waals surface area contributed by atoms with Crippen LogP contribution in [0.1, 0.15) is 11.8 Å². The highest BCUT2D eigenvalue weighted by Gasteiger charge is 1.99. The van der Waals surface area contributed by atoms with E-state index >= 15 is 0 Å². The molecule has 1 heterocycles. The number of nitrogens with one attached hydrogen (secondary N) is 1. The number of hydrogen-bond donors (Lipinski definition) is 1. The van der Waals surface area contributed by atoms with Gasteiger partial charge in [-0.15, -0.1) is 11.3 Å². The van der Waals surface area contributed by atoms with Crippen LogP contribution >= 0.6 is 22.9 Å². The molecule has 12 heavy (non-hydrogen) atoms. The van der Waals surface area contributed by atoms with Gasteiger partial charge in [0.25, 0.3) is 0 Å². The molecule has 0 aliphatic heterocycles. The Hall–Kier alpha value is -0.540. The zero-order valence-electron chi connectivity index (χ0n) is 6.76. The van der Waals surface area contributed by atoms with Gasteiger partial charge in [0, 0.05) is 4.88 Å². The second-order valence-electron chi connectivity index (χ2n) is 2.33. The summed E-state index contributed by atoms with van der Waals surface area (Å²) < 4.78 is 0. The van der Waals surface area contributed by atoms with Gasteiger partial charge in [0.15, 0.2) is 0 Å². The van der Waals surface area contributed by atoms with E-state index in [9.17, 15) is 4.79 Å². The Balaban J connectivity index is 2.47. The van der Waals surface area contributed by atoms with Gasteiger partial charge in [0.1, 0.15) is 0 Å². The second kappa shape index (κ2) is 4.48. The van der Waals surface area contributed by atoms with Crippen molar-refractivity contribution < 1.29 is 4.79 Å². The predicted octanol–water partition coefficient (Wildman–Crippen LogP) is 2.49. The number of halogens is 1. The van der Waals surface area contributed by atoms with Gasteiger partial charge in [-0.1, -0.05) is 6.92 Å². The van der Waals surface area contributed by atoms with E-state index in [1.54, 1.807) is 11.3 Å². The Kier molecular flexibility index (Phi) is 3.56. The minimum Gasteiger partial charge on any atom is -0.369 e. The number of rotatable bonds is 4. The van der Waals surface area contributed by atoms with Crippen molar-refractivity contribution in [1.29, 1.82) is 0 Å². The van der Waals surface area contributed by atoms with Crippen molar-refractivity contribution in [3.05, 3.63) is 17.0 Å². The third-order valence-electron chi connectivity index (χ3n) is 1.41. The smallest absolute Gasteiger partial charge is 0.240 e. The van der Waals surface area contributed by atoms with Gasteiger partial charge in [-0.3, -0.25) is 4.79 Å². The van der Waals surface area contributed by atoms with Gasteiger partial charge in [-0.2, -0.15) is 0 Å². The van der Waals surface area contributed by atoms with E-state index in [2.05, 4.69) is 12.2 Å². The molecule has 0 atom stereocenters. The number of aryl methyl sites for hydroxylation is 1. The molecule has 0 aromatic carbocycles. The van der Waals surface area contributed by atoms with Crippen molar-refractivity contribution in [2.45, 2.75) is 13.3 Å². The molecule has 0 saturated carbocycles. The largest absolute Gasteiger partial charge is 0.369 e. The number of thiophene rings is 1. The molecule has 0 aliphatic rings. The maximum absolute atomic E-state index is 10.4. The van der Waals surface area contributed by atoms with E-state index in [0.29, 0.717) is 0 Å². The van der Waals surface area contributed by atoms with Crippen LogP contribution in [0.25, 0.3) is 0 Å². The molecule has 1 rings (SSSR count). The van der Waals surface area contributed by atoms with Crippen LogP contribution in [0.15, 0.2) is 12.1 Å². The van der Waals surface area contributed by atoms with Crippen molar-refractivity contribution in [3.63, 3.8) is 0 Å². The quantitative estimate of drug-likeness (QED) is 0.762. The molecule has 0 bridgehead atoms. The first kappa shape index (κ1) is 9.55. The van der Waals surface area contributed by atoms with Crippen molar-refractivity contribution in [3.8, 4) is 0 Å². The van der Waals surface area contributed by atoms with Crippen LogP contribution < -0.4 is 5.32 Å². The minimum atomic E-state index is -0.360. The van der Waals surface area contributed by atoms with Crippen LogP contribution in [-0.4, -0.2) is 11.8 Å². The lowest BCUT2D eigenvalue weighted by molar-refractivity contribution is -0.110. The molecule has 0 radical (unpaired) electrons. The maximum atomic E-state index is 10.4. The van der Waals surface area contributed by atoms with E-state index in [1.807, 2.05) is 12.1 Å². The fourth-order valence-corrected chi connectivity index (χ4v) is 1.73. The van der Waals surface area contributed by atoms with Gasteiger partial charge in [0.05, 0.1) is 11.5 Å². The summed E-state index contributed by atoms with van der Waals surface area (Å²) in [4.78, 5) is 11.7. The number of carbonyl (C=O) groups is 1. The molecule has 0 spiro atoms. The van der Waals surface area contributed by atoms with Crippen LogP contribution in [0.5, 0.6) is 0 Å². The van der Waals surface area contributed by atoms with Crippen LogP contribution in [0.3, 0.4) is 0 Å². The number of anilines is 1. The number of carbonyl (C=O) groups excluding carboxylic acids is 1. The van der Waals surface area contributed by atoms with E-state index in [-0.39, 0.29) is 11.8 Å². The molecular weight excluding hydrogens is 194 g/mol. The molecule has 2 nitrogen and oxygen atoms in total. The molecule has 0 saturated heterocycles. The maximum Gasteiger partial charge on any atom is 0.240 e. The van der Waals surface area contributed by atoms with Gasteiger partial charge in [0.2, 0.25) is 5.24 Å². The molecule has 4 heteroatoms. The molecule has 0 aliphatic carbocycles. The lowest BCUT2D eigenvalue weighted by atomic mass is 10.4. The van der Waals surface area contributed by atoms with Crippen molar-refractivity contribution in [2.75, 3.05) is 11.9 Å². The Labute approximate surface area is 80.5 Å². The van der Waals surface area contributed by atoms with Gasteiger partial charge >= 0.3 is 0 Å². The monoisotopic (exact) mass is 203 g/mol.